The van der Waals surface area contributed by atoms with Crippen LogP contribution in [-0.4, -0.2) is 25.5 Å². The number of ether oxygens (including phenoxy) is 1. The summed E-state index contributed by atoms with van der Waals surface area (Å²) in [4.78, 5) is 24.0. The van der Waals surface area contributed by atoms with Crippen molar-refractivity contribution in [2.45, 2.75) is 12.5 Å². The molecule has 2 N–H and O–H groups in total. The molecule has 0 unspecified atom stereocenters. The molecule has 0 fully saturated rings. The van der Waals surface area contributed by atoms with Crippen molar-refractivity contribution in [2.24, 2.45) is 0 Å². The Morgan fingerprint density at radius 3 is 2.61 bits per heavy atom. The zero-order chi connectivity index (χ0) is 16.2. The minimum atomic E-state index is -0.397. The first kappa shape index (κ1) is 15.2. The van der Waals surface area contributed by atoms with E-state index in [2.05, 4.69) is 21.4 Å². The van der Waals surface area contributed by atoms with Gasteiger partial charge < -0.3 is 15.4 Å². The summed E-state index contributed by atoms with van der Waals surface area (Å²) in [6, 6.07) is 14.3. The largest absolute Gasteiger partial charge is 0.465 e. The summed E-state index contributed by atoms with van der Waals surface area (Å²) in [7, 11) is 1.34. The van der Waals surface area contributed by atoms with Gasteiger partial charge in [-0.1, -0.05) is 24.3 Å². The second-order valence-electron chi connectivity index (χ2n) is 5.39. The van der Waals surface area contributed by atoms with Gasteiger partial charge in [-0.2, -0.15) is 0 Å². The van der Waals surface area contributed by atoms with Crippen LogP contribution in [0.1, 0.15) is 27.5 Å². The molecule has 1 amide bonds. The molecule has 3 rings (SSSR count). The van der Waals surface area contributed by atoms with Crippen molar-refractivity contribution in [1.29, 1.82) is 0 Å². The van der Waals surface area contributed by atoms with E-state index in [-0.39, 0.29) is 11.9 Å². The van der Waals surface area contributed by atoms with Crippen LogP contribution in [0.25, 0.3) is 0 Å². The molecule has 0 saturated carbocycles. The van der Waals surface area contributed by atoms with Gasteiger partial charge in [-0.15, -0.1) is 0 Å². The van der Waals surface area contributed by atoms with Crippen LogP contribution in [0.15, 0.2) is 48.5 Å². The Labute approximate surface area is 134 Å². The van der Waals surface area contributed by atoms with Gasteiger partial charge in [0.05, 0.1) is 12.7 Å². The van der Waals surface area contributed by atoms with Gasteiger partial charge in [-0.3, -0.25) is 4.79 Å². The molecule has 1 atom stereocenters. The highest BCUT2D eigenvalue weighted by Crippen LogP contribution is 2.24. The molecule has 2 aromatic carbocycles. The normalized spacial score (nSPS) is 16.3. The van der Waals surface area contributed by atoms with Gasteiger partial charge in [0.1, 0.15) is 6.04 Å². The van der Waals surface area contributed by atoms with E-state index in [1.807, 2.05) is 18.2 Å². The van der Waals surface area contributed by atoms with Crippen molar-refractivity contribution in [3.05, 3.63) is 65.2 Å². The van der Waals surface area contributed by atoms with Gasteiger partial charge >= 0.3 is 5.97 Å². The van der Waals surface area contributed by atoms with E-state index in [4.69, 9.17) is 0 Å². The highest BCUT2D eigenvalue weighted by Gasteiger charge is 2.25. The SMILES string of the molecule is COC(=O)c1ccc(NC(=O)[C@H]2NCCc3ccccc32)cc1. The van der Waals surface area contributed by atoms with Gasteiger partial charge in [-0.25, -0.2) is 4.79 Å². The maximum absolute atomic E-state index is 12.5. The maximum Gasteiger partial charge on any atom is 0.337 e. The molecule has 0 aromatic heterocycles. The number of carbonyl (C=O) groups excluding carboxylic acids is 2. The Kier molecular flexibility index (Phi) is 4.39. The number of carbonyl (C=O) groups is 2. The Balaban J connectivity index is 1.74. The number of hydrogen-bond acceptors (Lipinski definition) is 4. The van der Waals surface area contributed by atoms with E-state index in [1.54, 1.807) is 24.3 Å². The minimum absolute atomic E-state index is 0.108. The van der Waals surface area contributed by atoms with Gasteiger partial charge in [0, 0.05) is 12.2 Å². The first-order valence-corrected chi connectivity index (χ1v) is 7.49. The van der Waals surface area contributed by atoms with E-state index in [9.17, 15) is 9.59 Å². The lowest BCUT2D eigenvalue weighted by Crippen LogP contribution is -2.38. The summed E-state index contributed by atoms with van der Waals surface area (Å²) < 4.78 is 4.66. The summed E-state index contributed by atoms with van der Waals surface area (Å²) in [6.07, 6.45) is 0.924. The van der Waals surface area contributed by atoms with Gasteiger partial charge in [0.2, 0.25) is 5.91 Å². The fraction of sp³-hybridized carbons (Fsp3) is 0.222. The lowest BCUT2D eigenvalue weighted by atomic mass is 9.94. The molecule has 1 aliphatic heterocycles. The van der Waals surface area contributed by atoms with E-state index >= 15 is 0 Å². The van der Waals surface area contributed by atoms with Crippen LogP contribution in [0.5, 0.6) is 0 Å². The molecule has 5 nitrogen and oxygen atoms in total. The van der Waals surface area contributed by atoms with Crippen LogP contribution in [0, 0.1) is 0 Å². The molecule has 1 aliphatic rings. The Morgan fingerprint density at radius 1 is 1.13 bits per heavy atom. The molecule has 5 heteroatoms. The van der Waals surface area contributed by atoms with Gasteiger partial charge in [0.15, 0.2) is 0 Å². The van der Waals surface area contributed by atoms with Crippen molar-refractivity contribution in [3.8, 4) is 0 Å². The Morgan fingerprint density at radius 2 is 1.87 bits per heavy atom. The number of hydrogen-bond donors (Lipinski definition) is 2. The predicted octanol–water partition coefficient (Wildman–Crippen LogP) is 2.30. The first-order valence-electron chi connectivity index (χ1n) is 7.49. The van der Waals surface area contributed by atoms with Crippen LogP contribution in [-0.2, 0) is 16.0 Å². The average Bonchev–Trinajstić information content (AvgIpc) is 2.61. The van der Waals surface area contributed by atoms with E-state index in [1.165, 1.54) is 12.7 Å². The number of nitrogens with one attached hydrogen (secondary N) is 2. The fourth-order valence-electron chi connectivity index (χ4n) is 2.76. The second kappa shape index (κ2) is 6.62. The van der Waals surface area contributed by atoms with Crippen molar-refractivity contribution in [2.75, 3.05) is 19.0 Å². The summed E-state index contributed by atoms with van der Waals surface area (Å²) >= 11 is 0. The topological polar surface area (TPSA) is 67.4 Å². The maximum atomic E-state index is 12.5. The number of fused-ring (bicyclic) bond motifs is 1. The number of rotatable bonds is 3. The van der Waals surface area contributed by atoms with E-state index in [0.717, 1.165) is 18.5 Å². The minimum Gasteiger partial charge on any atom is -0.465 e. The molecule has 0 spiro atoms. The van der Waals surface area contributed by atoms with E-state index in [0.29, 0.717) is 11.3 Å². The summed E-state index contributed by atoms with van der Waals surface area (Å²) in [5, 5.41) is 6.13. The van der Waals surface area contributed by atoms with Crippen LogP contribution in [0.2, 0.25) is 0 Å². The molecule has 0 saturated heterocycles. The van der Waals surface area contributed by atoms with Crippen molar-refractivity contribution in [1.82, 2.24) is 5.32 Å². The van der Waals surface area contributed by atoms with E-state index < -0.39 is 5.97 Å². The van der Waals surface area contributed by atoms with Crippen LogP contribution < -0.4 is 10.6 Å². The van der Waals surface area contributed by atoms with Crippen LogP contribution in [0.4, 0.5) is 5.69 Å². The number of anilines is 1. The molecular formula is C18H18N2O3. The number of benzene rings is 2. The predicted molar refractivity (Wildman–Crippen MR) is 87.3 cm³/mol. The third-order valence-corrected chi connectivity index (χ3v) is 3.94. The molecule has 118 valence electrons. The first-order chi connectivity index (χ1) is 11.2. The number of methoxy groups -OCH3 is 1. The Bertz CT molecular complexity index is 725. The third-order valence-electron chi connectivity index (χ3n) is 3.94. The van der Waals surface area contributed by atoms with Gasteiger partial charge in [-0.05, 0) is 41.8 Å². The van der Waals surface area contributed by atoms with Crippen LogP contribution in [0.3, 0.4) is 0 Å². The van der Waals surface area contributed by atoms with Crippen molar-refractivity contribution in [3.63, 3.8) is 0 Å². The number of amides is 1. The molecule has 0 radical (unpaired) electrons. The second-order valence-corrected chi connectivity index (χ2v) is 5.39. The smallest absolute Gasteiger partial charge is 0.337 e. The zero-order valence-corrected chi connectivity index (χ0v) is 12.8. The molecule has 1 heterocycles. The highest BCUT2D eigenvalue weighted by atomic mass is 16.5. The van der Waals surface area contributed by atoms with Crippen molar-refractivity contribution >= 4 is 17.6 Å². The molecule has 2 aromatic rings. The summed E-state index contributed by atoms with van der Waals surface area (Å²) in [5.41, 5.74) is 3.31. The molecule has 0 aliphatic carbocycles. The standard InChI is InChI=1S/C18H18N2O3/c1-23-18(22)13-6-8-14(9-7-13)20-17(21)16-15-5-3-2-4-12(15)10-11-19-16/h2-9,16,19H,10-11H2,1H3,(H,20,21)/t16-/m0/s1. The summed E-state index contributed by atoms with van der Waals surface area (Å²) in [6.45, 7) is 0.774. The number of esters is 1. The van der Waals surface area contributed by atoms with Crippen molar-refractivity contribution < 1.29 is 14.3 Å². The lowest BCUT2D eigenvalue weighted by molar-refractivity contribution is -0.118. The Hall–Kier alpha value is -2.66. The zero-order valence-electron chi connectivity index (χ0n) is 12.8. The third kappa shape index (κ3) is 3.24. The summed E-state index contributed by atoms with van der Waals surface area (Å²) in [5.74, 6) is -0.506. The quantitative estimate of drug-likeness (QED) is 0.854. The lowest BCUT2D eigenvalue weighted by Gasteiger charge is -2.26. The molecule has 0 bridgehead atoms. The fourth-order valence-corrected chi connectivity index (χ4v) is 2.76. The highest BCUT2D eigenvalue weighted by molar-refractivity contribution is 5.96. The molecular weight excluding hydrogens is 292 g/mol. The van der Waals surface area contributed by atoms with Gasteiger partial charge in [0.25, 0.3) is 0 Å². The monoisotopic (exact) mass is 310 g/mol. The average molecular weight is 310 g/mol. The molecule has 23 heavy (non-hydrogen) atoms. The van der Waals surface area contributed by atoms with Crippen LogP contribution >= 0.6 is 0 Å².